The van der Waals surface area contributed by atoms with Gasteiger partial charge in [0.2, 0.25) is 0 Å². The second-order valence-corrected chi connectivity index (χ2v) is 6.08. The minimum absolute atomic E-state index is 0.0388. The van der Waals surface area contributed by atoms with Crippen molar-refractivity contribution in [2.45, 2.75) is 37.5 Å². The molecule has 15 heavy (non-hydrogen) atoms. The normalized spacial score (nSPS) is 18.3. The summed E-state index contributed by atoms with van der Waals surface area (Å²) in [7, 11) is 0. The Morgan fingerprint density at radius 3 is 2.60 bits per heavy atom. The highest BCUT2D eigenvalue weighted by molar-refractivity contribution is 8.00. The number of thioether (sulfide) groups is 1. The summed E-state index contributed by atoms with van der Waals surface area (Å²) in [5.41, 5.74) is 3.27. The molecule has 2 nitrogen and oxygen atoms in total. The summed E-state index contributed by atoms with van der Waals surface area (Å²) in [4.78, 5) is 12.8. The number of hydrogen-bond donors (Lipinski definition) is 1. The van der Waals surface area contributed by atoms with Crippen LogP contribution in [-0.4, -0.2) is 10.8 Å². The van der Waals surface area contributed by atoms with Crippen molar-refractivity contribution in [3.63, 3.8) is 0 Å². The van der Waals surface area contributed by atoms with Gasteiger partial charge in [-0.25, -0.2) is 0 Å². The lowest BCUT2D eigenvalue weighted by molar-refractivity contribution is 0.0929. The molecule has 1 aliphatic rings. The van der Waals surface area contributed by atoms with Gasteiger partial charge in [-0.2, -0.15) is 0 Å². The predicted octanol–water partition coefficient (Wildman–Crippen LogP) is 2.88. The number of benzene rings is 1. The van der Waals surface area contributed by atoms with Crippen molar-refractivity contribution >= 4 is 17.7 Å². The van der Waals surface area contributed by atoms with Crippen LogP contribution in [0.2, 0.25) is 0 Å². The molecule has 1 aromatic carbocycles. The minimum Gasteiger partial charge on any atom is -0.338 e. The van der Waals surface area contributed by atoms with Gasteiger partial charge in [0.1, 0.15) is 0 Å². The highest BCUT2D eigenvalue weighted by Crippen LogP contribution is 2.39. The molecule has 80 valence electrons. The summed E-state index contributed by atoms with van der Waals surface area (Å²) in [6.07, 6.45) is 0. The first-order chi connectivity index (χ1) is 6.91. The molecule has 1 aromatic rings. The van der Waals surface area contributed by atoms with Gasteiger partial charge >= 0.3 is 0 Å². The Morgan fingerprint density at radius 2 is 1.93 bits per heavy atom. The van der Waals surface area contributed by atoms with Gasteiger partial charge in [0, 0.05) is 4.90 Å². The molecule has 0 aromatic heterocycles. The molecule has 1 aliphatic heterocycles. The summed E-state index contributed by atoms with van der Waals surface area (Å²) in [5, 5.41) is 2.98. The van der Waals surface area contributed by atoms with Gasteiger partial charge in [-0.15, -0.1) is 0 Å². The largest absolute Gasteiger partial charge is 0.338 e. The number of aryl methyl sites for hydroxylation is 1. The second kappa shape index (κ2) is 3.27. The third-order valence-electron chi connectivity index (χ3n) is 2.69. The topological polar surface area (TPSA) is 29.1 Å². The first-order valence-electron chi connectivity index (χ1n) is 5.02. The Bertz CT molecular complexity index is 437. The van der Waals surface area contributed by atoms with E-state index in [2.05, 4.69) is 19.2 Å². The van der Waals surface area contributed by atoms with E-state index in [1.807, 2.05) is 26.0 Å². The van der Waals surface area contributed by atoms with Crippen LogP contribution in [0, 0.1) is 13.8 Å². The summed E-state index contributed by atoms with van der Waals surface area (Å²) in [5.74, 6) is 0.0388. The maximum atomic E-state index is 11.8. The number of fused-ring (bicyclic) bond motifs is 1. The standard InChI is InChI=1S/C12H15NOS/c1-7-5-6-9-10(8(7)2)15-12(3,4)13-11(9)14/h5-6H,1-4H3,(H,13,14). The molecule has 0 spiro atoms. The third kappa shape index (κ3) is 1.76. The first-order valence-corrected chi connectivity index (χ1v) is 5.84. The summed E-state index contributed by atoms with van der Waals surface area (Å²) in [6, 6.07) is 3.92. The lowest BCUT2D eigenvalue weighted by Crippen LogP contribution is -2.44. The zero-order chi connectivity index (χ0) is 11.2. The van der Waals surface area contributed by atoms with Crippen molar-refractivity contribution in [3.05, 3.63) is 28.8 Å². The number of carbonyl (C=O) groups excluding carboxylic acids is 1. The highest BCUT2D eigenvalue weighted by atomic mass is 32.2. The molecule has 0 radical (unpaired) electrons. The molecule has 1 heterocycles. The van der Waals surface area contributed by atoms with Crippen molar-refractivity contribution < 1.29 is 4.79 Å². The maximum Gasteiger partial charge on any atom is 0.253 e. The maximum absolute atomic E-state index is 11.8. The van der Waals surface area contributed by atoms with E-state index in [1.165, 1.54) is 11.1 Å². The van der Waals surface area contributed by atoms with E-state index in [0.717, 1.165) is 10.5 Å². The van der Waals surface area contributed by atoms with Gasteiger partial charge < -0.3 is 5.32 Å². The molecule has 3 heteroatoms. The molecular formula is C12H15NOS. The molecule has 0 unspecified atom stereocenters. The van der Waals surface area contributed by atoms with E-state index in [1.54, 1.807) is 11.8 Å². The van der Waals surface area contributed by atoms with Gasteiger partial charge in [-0.1, -0.05) is 17.8 Å². The zero-order valence-corrected chi connectivity index (χ0v) is 10.3. The van der Waals surface area contributed by atoms with Gasteiger partial charge in [0.25, 0.3) is 5.91 Å². The van der Waals surface area contributed by atoms with Crippen LogP contribution < -0.4 is 5.32 Å². The molecular weight excluding hydrogens is 206 g/mol. The molecule has 2 rings (SSSR count). The van der Waals surface area contributed by atoms with E-state index in [9.17, 15) is 4.79 Å². The molecule has 0 bridgehead atoms. The van der Waals surface area contributed by atoms with Crippen LogP contribution in [0.4, 0.5) is 0 Å². The van der Waals surface area contributed by atoms with Crippen LogP contribution in [0.25, 0.3) is 0 Å². The second-order valence-electron chi connectivity index (χ2n) is 4.45. The molecule has 0 atom stereocenters. The van der Waals surface area contributed by atoms with Crippen LogP contribution in [0.5, 0.6) is 0 Å². The van der Waals surface area contributed by atoms with Crippen LogP contribution in [0.15, 0.2) is 17.0 Å². The van der Waals surface area contributed by atoms with Crippen molar-refractivity contribution in [2.75, 3.05) is 0 Å². The van der Waals surface area contributed by atoms with E-state index >= 15 is 0 Å². The molecule has 0 saturated heterocycles. The van der Waals surface area contributed by atoms with E-state index in [-0.39, 0.29) is 10.8 Å². The summed E-state index contributed by atoms with van der Waals surface area (Å²) in [6.45, 7) is 8.21. The Hall–Kier alpha value is -0.960. The van der Waals surface area contributed by atoms with Gasteiger partial charge in [0.15, 0.2) is 0 Å². The summed E-state index contributed by atoms with van der Waals surface area (Å²) < 4.78 is 0. The SMILES string of the molecule is Cc1ccc2c(c1C)SC(C)(C)NC2=O. The third-order valence-corrected chi connectivity index (χ3v) is 4.04. The number of nitrogens with one attached hydrogen (secondary N) is 1. The van der Waals surface area contributed by atoms with Crippen molar-refractivity contribution in [1.82, 2.24) is 5.32 Å². The van der Waals surface area contributed by atoms with Crippen LogP contribution in [0.3, 0.4) is 0 Å². The zero-order valence-electron chi connectivity index (χ0n) is 9.47. The van der Waals surface area contributed by atoms with Crippen LogP contribution >= 0.6 is 11.8 Å². The number of carbonyl (C=O) groups is 1. The molecule has 1 N–H and O–H groups in total. The number of hydrogen-bond acceptors (Lipinski definition) is 2. The Kier molecular flexibility index (Phi) is 2.30. The average molecular weight is 221 g/mol. The Labute approximate surface area is 94.4 Å². The smallest absolute Gasteiger partial charge is 0.253 e. The molecule has 0 aliphatic carbocycles. The number of amides is 1. The van der Waals surface area contributed by atoms with Crippen molar-refractivity contribution in [3.8, 4) is 0 Å². The van der Waals surface area contributed by atoms with Crippen molar-refractivity contribution in [2.24, 2.45) is 0 Å². The fourth-order valence-corrected chi connectivity index (χ4v) is 2.96. The molecule has 1 amide bonds. The minimum atomic E-state index is -0.206. The molecule has 0 fully saturated rings. The van der Waals surface area contributed by atoms with Gasteiger partial charge in [-0.05, 0) is 44.9 Å². The predicted molar refractivity (Wildman–Crippen MR) is 63.3 cm³/mol. The summed E-state index contributed by atoms with van der Waals surface area (Å²) >= 11 is 1.73. The van der Waals surface area contributed by atoms with Crippen LogP contribution in [-0.2, 0) is 0 Å². The lowest BCUT2D eigenvalue weighted by atomic mass is 10.0. The Morgan fingerprint density at radius 1 is 1.27 bits per heavy atom. The monoisotopic (exact) mass is 221 g/mol. The Balaban J connectivity index is 2.61. The average Bonchev–Trinajstić information content (AvgIpc) is 2.10. The quantitative estimate of drug-likeness (QED) is 0.730. The fraction of sp³-hybridized carbons (Fsp3) is 0.417. The van der Waals surface area contributed by atoms with Gasteiger partial charge in [0.05, 0.1) is 10.4 Å². The number of rotatable bonds is 0. The van der Waals surface area contributed by atoms with Crippen LogP contribution in [0.1, 0.15) is 35.3 Å². The highest BCUT2D eigenvalue weighted by Gasteiger charge is 2.31. The van der Waals surface area contributed by atoms with Crippen molar-refractivity contribution in [1.29, 1.82) is 0 Å². The fourth-order valence-electron chi connectivity index (χ4n) is 1.72. The lowest BCUT2D eigenvalue weighted by Gasteiger charge is -2.32. The van der Waals surface area contributed by atoms with E-state index in [0.29, 0.717) is 0 Å². The van der Waals surface area contributed by atoms with E-state index in [4.69, 9.17) is 0 Å². The molecule has 0 saturated carbocycles. The van der Waals surface area contributed by atoms with Gasteiger partial charge in [-0.3, -0.25) is 4.79 Å². The first kappa shape index (κ1) is 10.6. The van der Waals surface area contributed by atoms with E-state index < -0.39 is 0 Å².